The van der Waals surface area contributed by atoms with Crippen molar-refractivity contribution in [2.75, 3.05) is 13.1 Å². The Kier molecular flexibility index (Phi) is 5.50. The third-order valence-corrected chi connectivity index (χ3v) is 2.70. The van der Waals surface area contributed by atoms with Crippen molar-refractivity contribution in [1.29, 1.82) is 0 Å². The lowest BCUT2D eigenvalue weighted by molar-refractivity contribution is 0.493. The van der Waals surface area contributed by atoms with Crippen molar-refractivity contribution >= 4 is 11.9 Å². The molecule has 0 fully saturated rings. The summed E-state index contributed by atoms with van der Waals surface area (Å²) in [5.41, 5.74) is 1.30. The van der Waals surface area contributed by atoms with Crippen molar-refractivity contribution in [3.63, 3.8) is 0 Å². The van der Waals surface area contributed by atoms with Gasteiger partial charge in [-0.05, 0) is 31.4 Å². The normalized spacial score (nSPS) is 21.4. The monoisotopic (exact) mass is 194 g/mol. The summed E-state index contributed by atoms with van der Waals surface area (Å²) in [6.07, 6.45) is 8.10. The summed E-state index contributed by atoms with van der Waals surface area (Å²) in [4.78, 5) is 8.85. The van der Waals surface area contributed by atoms with Crippen molar-refractivity contribution in [3.05, 3.63) is 0 Å². The quantitative estimate of drug-likeness (QED) is 0.642. The molecule has 0 aromatic carbocycles. The zero-order valence-corrected chi connectivity index (χ0v) is 9.50. The molecule has 2 nitrogen and oxygen atoms in total. The van der Waals surface area contributed by atoms with E-state index in [0.29, 0.717) is 0 Å². The van der Waals surface area contributed by atoms with Crippen LogP contribution in [-0.4, -0.2) is 25.0 Å². The van der Waals surface area contributed by atoms with E-state index in [1.807, 2.05) is 6.21 Å². The minimum atomic E-state index is 0.830. The maximum atomic E-state index is 4.61. The second-order valence-electron chi connectivity index (χ2n) is 4.19. The summed E-state index contributed by atoms with van der Waals surface area (Å²) in [6, 6.07) is 0. The lowest BCUT2D eigenvalue weighted by Gasteiger charge is -2.09. The molecule has 0 radical (unpaired) electrons. The highest BCUT2D eigenvalue weighted by Crippen LogP contribution is 2.10. The van der Waals surface area contributed by atoms with Crippen molar-refractivity contribution in [3.8, 4) is 0 Å². The largest absolute Gasteiger partial charge is 0.292 e. The van der Waals surface area contributed by atoms with Crippen LogP contribution in [0.4, 0.5) is 0 Å². The van der Waals surface area contributed by atoms with Crippen LogP contribution in [0.25, 0.3) is 0 Å². The van der Waals surface area contributed by atoms with Gasteiger partial charge in [-0.3, -0.25) is 9.98 Å². The fourth-order valence-electron chi connectivity index (χ4n) is 1.78. The molecule has 0 aromatic rings. The molecule has 2 heteroatoms. The number of hydrogen-bond donors (Lipinski definition) is 0. The van der Waals surface area contributed by atoms with Gasteiger partial charge in [-0.1, -0.05) is 26.7 Å². The summed E-state index contributed by atoms with van der Waals surface area (Å²) >= 11 is 0. The Bertz CT molecular complexity index is 206. The van der Waals surface area contributed by atoms with Crippen molar-refractivity contribution in [1.82, 2.24) is 0 Å². The van der Waals surface area contributed by atoms with Crippen LogP contribution in [0, 0.1) is 5.92 Å². The summed E-state index contributed by atoms with van der Waals surface area (Å²) < 4.78 is 0. The van der Waals surface area contributed by atoms with E-state index in [4.69, 9.17) is 0 Å². The summed E-state index contributed by atoms with van der Waals surface area (Å²) in [7, 11) is 0. The first kappa shape index (κ1) is 11.4. The predicted octanol–water partition coefficient (Wildman–Crippen LogP) is 3.12. The van der Waals surface area contributed by atoms with E-state index < -0.39 is 0 Å². The smallest absolute Gasteiger partial charge is 0.0764 e. The van der Waals surface area contributed by atoms with Gasteiger partial charge in [-0.2, -0.15) is 0 Å². The van der Waals surface area contributed by atoms with Crippen LogP contribution in [0.1, 0.15) is 46.0 Å². The van der Waals surface area contributed by atoms with Crippen LogP contribution in [0.3, 0.4) is 0 Å². The summed E-state index contributed by atoms with van der Waals surface area (Å²) in [6.45, 7) is 6.43. The van der Waals surface area contributed by atoms with Crippen LogP contribution in [0.2, 0.25) is 0 Å². The van der Waals surface area contributed by atoms with E-state index in [-0.39, 0.29) is 0 Å². The molecule has 0 saturated heterocycles. The highest BCUT2D eigenvalue weighted by Gasteiger charge is 2.03. The maximum absolute atomic E-state index is 4.61. The molecular formula is C12H22N2. The van der Waals surface area contributed by atoms with Gasteiger partial charge in [0.15, 0.2) is 0 Å². The molecule has 0 aromatic heterocycles. The second-order valence-corrected chi connectivity index (χ2v) is 4.19. The van der Waals surface area contributed by atoms with E-state index in [1.165, 1.54) is 25.0 Å². The Morgan fingerprint density at radius 3 is 3.00 bits per heavy atom. The van der Waals surface area contributed by atoms with Gasteiger partial charge in [0.05, 0.1) is 6.54 Å². The highest BCUT2D eigenvalue weighted by molar-refractivity contribution is 5.91. The molecule has 14 heavy (non-hydrogen) atoms. The standard InChI is InChI=1S/C12H22N2/c1-3-5-11(2)7-9-14-12-6-4-8-13-10-12/h8,11H,3-7,9-10H2,1-2H3. The first-order valence-corrected chi connectivity index (χ1v) is 5.83. The van der Waals surface area contributed by atoms with E-state index in [9.17, 15) is 0 Å². The molecule has 1 atom stereocenters. The third kappa shape index (κ3) is 4.54. The average molecular weight is 194 g/mol. The Morgan fingerprint density at radius 2 is 2.36 bits per heavy atom. The van der Waals surface area contributed by atoms with Gasteiger partial charge in [-0.15, -0.1) is 0 Å². The molecule has 0 amide bonds. The van der Waals surface area contributed by atoms with Crippen molar-refractivity contribution < 1.29 is 0 Å². The number of hydrogen-bond acceptors (Lipinski definition) is 2. The predicted molar refractivity (Wildman–Crippen MR) is 63.6 cm³/mol. The number of rotatable bonds is 5. The third-order valence-electron chi connectivity index (χ3n) is 2.70. The maximum Gasteiger partial charge on any atom is 0.0764 e. The SMILES string of the molecule is CCCC(C)CCN=C1CCC=NC1. The van der Waals surface area contributed by atoms with Gasteiger partial charge < -0.3 is 0 Å². The van der Waals surface area contributed by atoms with E-state index in [2.05, 4.69) is 23.8 Å². The summed E-state index contributed by atoms with van der Waals surface area (Å²) in [5.74, 6) is 0.830. The first-order valence-electron chi connectivity index (χ1n) is 5.83. The zero-order chi connectivity index (χ0) is 10.2. The summed E-state index contributed by atoms with van der Waals surface area (Å²) in [5, 5.41) is 0. The van der Waals surface area contributed by atoms with Crippen LogP contribution in [0.15, 0.2) is 9.98 Å². The Hall–Kier alpha value is -0.660. The van der Waals surface area contributed by atoms with Gasteiger partial charge in [0.25, 0.3) is 0 Å². The molecule has 0 bridgehead atoms. The molecule has 0 aliphatic carbocycles. The van der Waals surface area contributed by atoms with Crippen molar-refractivity contribution in [2.24, 2.45) is 15.9 Å². The van der Waals surface area contributed by atoms with Crippen LogP contribution in [0.5, 0.6) is 0 Å². The molecule has 1 aliphatic heterocycles. The van der Waals surface area contributed by atoms with E-state index in [1.54, 1.807) is 0 Å². The minimum Gasteiger partial charge on any atom is -0.292 e. The molecule has 80 valence electrons. The lowest BCUT2D eigenvalue weighted by Crippen LogP contribution is -2.10. The van der Waals surface area contributed by atoms with Crippen molar-refractivity contribution in [2.45, 2.75) is 46.0 Å². The van der Waals surface area contributed by atoms with Gasteiger partial charge >= 0.3 is 0 Å². The molecule has 1 unspecified atom stereocenters. The Morgan fingerprint density at radius 1 is 1.50 bits per heavy atom. The van der Waals surface area contributed by atoms with Gasteiger partial charge in [0.2, 0.25) is 0 Å². The molecule has 1 heterocycles. The van der Waals surface area contributed by atoms with Crippen LogP contribution < -0.4 is 0 Å². The van der Waals surface area contributed by atoms with Gasteiger partial charge in [0.1, 0.15) is 0 Å². The minimum absolute atomic E-state index is 0.830. The first-order chi connectivity index (χ1) is 6.83. The lowest BCUT2D eigenvalue weighted by atomic mass is 10.0. The Balaban J connectivity index is 2.15. The molecule has 0 saturated carbocycles. The van der Waals surface area contributed by atoms with Crippen LogP contribution >= 0.6 is 0 Å². The number of nitrogens with zero attached hydrogens (tertiary/aromatic N) is 2. The van der Waals surface area contributed by atoms with E-state index in [0.717, 1.165) is 31.8 Å². The zero-order valence-electron chi connectivity index (χ0n) is 9.50. The number of aliphatic imine (C=N–C) groups is 2. The highest BCUT2D eigenvalue weighted by atomic mass is 14.8. The average Bonchev–Trinajstić information content (AvgIpc) is 2.20. The van der Waals surface area contributed by atoms with Gasteiger partial charge in [-0.25, -0.2) is 0 Å². The molecule has 0 N–H and O–H groups in total. The van der Waals surface area contributed by atoms with E-state index >= 15 is 0 Å². The molecule has 0 spiro atoms. The Labute approximate surface area is 87.5 Å². The molecular weight excluding hydrogens is 172 g/mol. The van der Waals surface area contributed by atoms with Gasteiger partial charge in [0, 0.05) is 12.3 Å². The fourth-order valence-corrected chi connectivity index (χ4v) is 1.78. The molecule has 1 rings (SSSR count). The fraction of sp³-hybridized carbons (Fsp3) is 0.833. The second kappa shape index (κ2) is 6.74. The topological polar surface area (TPSA) is 24.7 Å². The van der Waals surface area contributed by atoms with Crippen LogP contribution in [-0.2, 0) is 0 Å². The molecule has 1 aliphatic rings.